The van der Waals surface area contributed by atoms with Gasteiger partial charge in [0.2, 0.25) is 0 Å². The van der Waals surface area contributed by atoms with Gasteiger partial charge in [-0.15, -0.1) is 48.3 Å². The van der Waals surface area contributed by atoms with Gasteiger partial charge in [0.1, 0.15) is 0 Å². The second-order valence-corrected chi connectivity index (χ2v) is 3.11. The Labute approximate surface area is 98.5 Å². The Balaban J connectivity index is 6.83. The summed E-state index contributed by atoms with van der Waals surface area (Å²) in [5.74, 6) is 0. The van der Waals surface area contributed by atoms with Crippen molar-refractivity contribution in [2.24, 2.45) is 0 Å². The van der Waals surface area contributed by atoms with Crippen LogP contribution in [0.2, 0.25) is 0 Å². The molecule has 0 aromatic carbocycles. The molecular weight excluding hydrogens is 340 g/mol. The molecular formula is C5F14N+. The molecule has 0 aromatic rings. The molecule has 20 heavy (non-hydrogen) atoms. The maximum absolute atomic E-state index is 12.4. The Hall–Kier alpha value is -1.02. The minimum Gasteiger partial charge on any atom is -0.160 e. The summed E-state index contributed by atoms with van der Waals surface area (Å²) in [6.45, 7) is 0. The third-order valence-electron chi connectivity index (χ3n) is 1.90. The van der Waals surface area contributed by atoms with Crippen molar-refractivity contribution in [1.29, 1.82) is 0 Å². The van der Waals surface area contributed by atoms with E-state index in [-0.39, 0.29) is 0 Å². The van der Waals surface area contributed by atoms with Crippen LogP contribution in [0.5, 0.6) is 0 Å². The predicted molar refractivity (Wildman–Crippen MR) is 29.4 cm³/mol. The van der Waals surface area contributed by atoms with Crippen molar-refractivity contribution in [2.45, 2.75) is 31.1 Å². The normalized spacial score (nSPS) is 16.5. The maximum atomic E-state index is 12.4. The Bertz CT molecular complexity index is 314. The molecule has 0 amide bonds. The summed E-state index contributed by atoms with van der Waals surface area (Å²) in [7, 11) is 0. The molecule has 0 rings (SSSR count). The summed E-state index contributed by atoms with van der Waals surface area (Å²) < 4.78 is 160. The Morgan fingerprint density at radius 2 is 0.600 bits per heavy atom. The van der Waals surface area contributed by atoms with Gasteiger partial charge in [-0.05, 0) is 0 Å². The van der Waals surface area contributed by atoms with E-state index in [4.69, 9.17) is 0 Å². The van der Waals surface area contributed by atoms with E-state index < -0.39 is 35.6 Å². The summed E-state index contributed by atoms with van der Waals surface area (Å²) in [4.78, 5) is 0. The zero-order valence-corrected chi connectivity index (χ0v) is 8.24. The summed E-state index contributed by atoms with van der Waals surface area (Å²) in [6.07, 6.45) is -32.0. The molecule has 15 heteroatoms. The van der Waals surface area contributed by atoms with Gasteiger partial charge in [-0.2, -0.15) is 13.2 Å². The van der Waals surface area contributed by atoms with Crippen molar-refractivity contribution in [1.82, 2.24) is 0 Å². The zero-order chi connectivity index (χ0) is 17.0. The smallest absolute Gasteiger partial charge is 0.160 e. The number of halogens is 14. The molecule has 0 bridgehead atoms. The summed E-state index contributed by atoms with van der Waals surface area (Å²) in [5, 5.41) is 0. The minimum absolute atomic E-state index is 7.39. The van der Waals surface area contributed by atoms with Gasteiger partial charge in [-0.25, -0.2) is 0 Å². The van der Waals surface area contributed by atoms with Crippen molar-refractivity contribution in [2.75, 3.05) is 0 Å². The SMILES string of the molecule is FC(F)(F)C(F)(F)[N+](C(F)(F)F)(C(F)(F)F)C(F)(F)F. The van der Waals surface area contributed by atoms with Crippen LogP contribution in [0.15, 0.2) is 0 Å². The van der Waals surface area contributed by atoms with Gasteiger partial charge in [0.25, 0.3) is 0 Å². The van der Waals surface area contributed by atoms with Gasteiger partial charge in [0.15, 0.2) is 0 Å². The monoisotopic (exact) mass is 340 g/mol. The molecule has 0 aliphatic carbocycles. The van der Waals surface area contributed by atoms with Crippen LogP contribution in [-0.2, 0) is 0 Å². The Morgan fingerprint density at radius 1 is 0.400 bits per heavy atom. The number of alkyl halides is 14. The van der Waals surface area contributed by atoms with Gasteiger partial charge < -0.3 is 0 Å². The fourth-order valence-electron chi connectivity index (χ4n) is 1.10. The molecule has 0 aliphatic heterocycles. The van der Waals surface area contributed by atoms with E-state index in [0.717, 1.165) is 0 Å². The largest absolute Gasteiger partial charge is 0.581 e. The van der Waals surface area contributed by atoms with Crippen LogP contribution in [0.1, 0.15) is 0 Å². The second-order valence-electron chi connectivity index (χ2n) is 3.11. The molecule has 0 unspecified atom stereocenters. The summed E-state index contributed by atoms with van der Waals surface area (Å²) in [6, 6.07) is -8.23. The molecule has 0 saturated carbocycles. The maximum Gasteiger partial charge on any atom is 0.581 e. The molecule has 1 nitrogen and oxygen atoms in total. The van der Waals surface area contributed by atoms with Crippen molar-refractivity contribution in [3.05, 3.63) is 0 Å². The lowest BCUT2D eigenvalue weighted by Crippen LogP contribution is -2.82. The standard InChI is InChI=1S/C5F14N/c6-1(7,8)2(9,10)20(3(11,12)13,4(14,15)16)5(17,18)19/q+1. The molecule has 0 aliphatic rings. The average molecular weight is 340 g/mol. The molecule has 0 atom stereocenters. The molecule has 0 aromatic heterocycles. The average Bonchev–Trinajstić information content (AvgIpc) is 1.89. The fraction of sp³-hybridized carbons (Fsp3) is 1.00. The first-order valence-electron chi connectivity index (χ1n) is 3.79. The second kappa shape index (κ2) is 4.24. The van der Waals surface area contributed by atoms with Crippen molar-refractivity contribution >= 4 is 0 Å². The molecule has 122 valence electrons. The number of hydrogen-bond donors (Lipinski definition) is 0. The highest BCUT2D eigenvalue weighted by Crippen LogP contribution is 2.61. The third-order valence-corrected chi connectivity index (χ3v) is 1.90. The van der Waals surface area contributed by atoms with Crippen LogP contribution in [0.25, 0.3) is 0 Å². The fourth-order valence-corrected chi connectivity index (χ4v) is 1.10. The lowest BCUT2D eigenvalue weighted by Gasteiger charge is -2.42. The van der Waals surface area contributed by atoms with Gasteiger partial charge >= 0.3 is 31.1 Å². The van der Waals surface area contributed by atoms with Crippen molar-refractivity contribution in [3.8, 4) is 0 Å². The van der Waals surface area contributed by atoms with Crippen LogP contribution < -0.4 is 0 Å². The van der Waals surface area contributed by atoms with Gasteiger partial charge in [-0.1, -0.05) is 0 Å². The van der Waals surface area contributed by atoms with Crippen LogP contribution in [0.3, 0.4) is 0 Å². The summed E-state index contributed by atoms with van der Waals surface area (Å²) in [5.41, 5.74) is 0. The first-order chi connectivity index (χ1) is 8.25. The molecule has 0 saturated heterocycles. The number of quaternary nitrogens is 1. The minimum atomic E-state index is -8.23. The predicted octanol–water partition coefficient (Wildman–Crippen LogP) is 4.52. The molecule has 0 heterocycles. The van der Waals surface area contributed by atoms with Crippen LogP contribution in [-0.4, -0.2) is 35.6 Å². The van der Waals surface area contributed by atoms with Crippen molar-refractivity contribution in [3.63, 3.8) is 0 Å². The third kappa shape index (κ3) is 2.24. The van der Waals surface area contributed by atoms with Crippen LogP contribution in [0.4, 0.5) is 61.5 Å². The number of rotatable bonds is 1. The van der Waals surface area contributed by atoms with E-state index in [1.807, 2.05) is 0 Å². The summed E-state index contributed by atoms with van der Waals surface area (Å²) >= 11 is 0. The molecule has 0 spiro atoms. The van der Waals surface area contributed by atoms with E-state index >= 15 is 0 Å². The molecule has 0 fully saturated rings. The highest BCUT2D eigenvalue weighted by molar-refractivity contribution is 4.72. The van der Waals surface area contributed by atoms with Crippen LogP contribution in [0, 0.1) is 0 Å². The van der Waals surface area contributed by atoms with Gasteiger partial charge in [-0.3, -0.25) is 0 Å². The lowest BCUT2D eigenvalue weighted by atomic mass is 10.3. The number of hydrogen-bond acceptors (Lipinski definition) is 0. The highest BCUT2D eigenvalue weighted by Gasteiger charge is 2.99. The zero-order valence-electron chi connectivity index (χ0n) is 8.24. The van der Waals surface area contributed by atoms with E-state index in [0.29, 0.717) is 0 Å². The number of nitrogens with zero attached hydrogens (tertiary/aromatic N) is 1. The van der Waals surface area contributed by atoms with E-state index in [1.54, 1.807) is 0 Å². The Morgan fingerprint density at radius 3 is 0.650 bits per heavy atom. The lowest BCUT2D eigenvalue weighted by molar-refractivity contribution is -1.23. The van der Waals surface area contributed by atoms with Gasteiger partial charge in [0, 0.05) is 4.48 Å². The van der Waals surface area contributed by atoms with Crippen LogP contribution >= 0.6 is 0 Å². The van der Waals surface area contributed by atoms with Crippen molar-refractivity contribution < 1.29 is 65.9 Å². The highest BCUT2D eigenvalue weighted by atomic mass is 19.5. The van der Waals surface area contributed by atoms with E-state index in [9.17, 15) is 61.5 Å². The molecule has 0 radical (unpaired) electrons. The molecule has 0 N–H and O–H groups in total. The van der Waals surface area contributed by atoms with E-state index in [2.05, 4.69) is 0 Å². The first-order valence-corrected chi connectivity index (χ1v) is 3.79. The first kappa shape index (κ1) is 19.0. The topological polar surface area (TPSA) is 0 Å². The quantitative estimate of drug-likeness (QED) is 0.374. The van der Waals surface area contributed by atoms with Gasteiger partial charge in [0.05, 0.1) is 0 Å². The Kier molecular flexibility index (Phi) is 4.02. The van der Waals surface area contributed by atoms with E-state index in [1.165, 1.54) is 0 Å².